The molecule has 128 valence electrons. The molecule has 1 aromatic carbocycles. The van der Waals surface area contributed by atoms with Gasteiger partial charge in [0.25, 0.3) is 0 Å². The zero-order chi connectivity index (χ0) is 17.3. The van der Waals surface area contributed by atoms with Crippen molar-refractivity contribution in [1.29, 1.82) is 0 Å². The molecule has 0 amide bonds. The van der Waals surface area contributed by atoms with Gasteiger partial charge in [0.15, 0.2) is 5.78 Å². The first-order valence-corrected chi connectivity index (χ1v) is 8.97. The number of hydrogen-bond donors (Lipinski definition) is 0. The van der Waals surface area contributed by atoms with Gasteiger partial charge < -0.3 is 4.57 Å². The molecule has 0 atom stereocenters. The fourth-order valence-electron chi connectivity index (χ4n) is 3.46. The molecule has 3 nitrogen and oxygen atoms in total. The van der Waals surface area contributed by atoms with E-state index in [9.17, 15) is 4.79 Å². The average Bonchev–Trinajstić information content (AvgIpc) is 3.33. The Labute approximate surface area is 145 Å². The Morgan fingerprint density at radius 2 is 1.88 bits per heavy atom. The third-order valence-electron chi connectivity index (χ3n) is 5.00. The van der Waals surface area contributed by atoms with Crippen LogP contribution in [-0.4, -0.2) is 27.8 Å². The molecule has 0 radical (unpaired) electrons. The molecule has 3 rings (SSSR count). The Bertz CT molecular complexity index is 711. The molecule has 1 aliphatic carbocycles. The van der Waals surface area contributed by atoms with E-state index in [1.165, 1.54) is 24.1 Å². The lowest BCUT2D eigenvalue weighted by atomic mass is 10.1. The third kappa shape index (κ3) is 3.62. The van der Waals surface area contributed by atoms with Crippen molar-refractivity contribution in [1.82, 2.24) is 9.47 Å². The van der Waals surface area contributed by atoms with Gasteiger partial charge in [0.2, 0.25) is 0 Å². The van der Waals surface area contributed by atoms with Crippen LogP contribution in [0.25, 0.3) is 0 Å². The average molecular weight is 324 g/mol. The summed E-state index contributed by atoms with van der Waals surface area (Å²) in [6.07, 6.45) is 2.49. The number of aryl methyl sites for hydroxylation is 1. The summed E-state index contributed by atoms with van der Waals surface area (Å²) in [6, 6.07) is 13.4. The molecule has 1 fully saturated rings. The van der Waals surface area contributed by atoms with E-state index in [4.69, 9.17) is 0 Å². The van der Waals surface area contributed by atoms with Crippen molar-refractivity contribution in [2.45, 2.75) is 59.2 Å². The fraction of sp³-hybridized carbons (Fsp3) is 0.476. The van der Waals surface area contributed by atoms with Gasteiger partial charge in [-0.15, -0.1) is 0 Å². The molecular formula is C21H28N2O. The molecule has 0 aliphatic heterocycles. The van der Waals surface area contributed by atoms with Gasteiger partial charge in [-0.25, -0.2) is 0 Å². The van der Waals surface area contributed by atoms with Crippen LogP contribution >= 0.6 is 0 Å². The number of carbonyl (C=O) groups is 1. The number of nitrogens with zero attached hydrogens (tertiary/aromatic N) is 2. The van der Waals surface area contributed by atoms with E-state index in [1.54, 1.807) is 0 Å². The Kier molecular flexibility index (Phi) is 4.91. The first-order chi connectivity index (χ1) is 11.5. The van der Waals surface area contributed by atoms with Gasteiger partial charge in [-0.05, 0) is 52.2 Å². The highest BCUT2D eigenvalue weighted by atomic mass is 16.1. The molecule has 2 aromatic rings. The summed E-state index contributed by atoms with van der Waals surface area (Å²) in [5.74, 6) is 0.236. The van der Waals surface area contributed by atoms with Gasteiger partial charge >= 0.3 is 0 Å². The highest BCUT2D eigenvalue weighted by Gasteiger charge is 2.28. The van der Waals surface area contributed by atoms with Crippen LogP contribution in [0.1, 0.15) is 60.0 Å². The van der Waals surface area contributed by atoms with Crippen molar-refractivity contribution in [3.05, 3.63) is 58.9 Å². The van der Waals surface area contributed by atoms with E-state index in [0.29, 0.717) is 18.6 Å². The summed E-state index contributed by atoms with van der Waals surface area (Å²) < 4.78 is 2.35. The van der Waals surface area contributed by atoms with E-state index >= 15 is 0 Å². The Hall–Kier alpha value is -1.87. The van der Waals surface area contributed by atoms with Crippen molar-refractivity contribution in [2.24, 2.45) is 0 Å². The van der Waals surface area contributed by atoms with Crippen LogP contribution in [-0.2, 0) is 6.54 Å². The van der Waals surface area contributed by atoms with Gasteiger partial charge in [0, 0.05) is 35.6 Å². The quantitative estimate of drug-likeness (QED) is 0.699. The van der Waals surface area contributed by atoms with Crippen LogP contribution in [0.3, 0.4) is 0 Å². The summed E-state index contributed by atoms with van der Waals surface area (Å²) in [5, 5.41) is 0. The second-order valence-corrected chi connectivity index (χ2v) is 7.29. The van der Waals surface area contributed by atoms with Crippen LogP contribution in [0, 0.1) is 13.8 Å². The number of aromatic nitrogens is 1. The molecule has 0 saturated heterocycles. The molecule has 1 saturated carbocycles. The highest BCUT2D eigenvalue weighted by molar-refractivity contribution is 5.99. The second-order valence-electron chi connectivity index (χ2n) is 7.29. The van der Waals surface area contributed by atoms with Crippen LogP contribution in [0.15, 0.2) is 36.4 Å². The number of rotatable bonds is 7. The van der Waals surface area contributed by atoms with Crippen LogP contribution in [0.5, 0.6) is 0 Å². The summed E-state index contributed by atoms with van der Waals surface area (Å²) in [6.45, 7) is 9.81. The zero-order valence-corrected chi connectivity index (χ0v) is 15.2. The van der Waals surface area contributed by atoms with Crippen molar-refractivity contribution in [3.8, 4) is 0 Å². The van der Waals surface area contributed by atoms with Crippen LogP contribution < -0.4 is 0 Å². The molecular weight excluding hydrogens is 296 g/mol. The van der Waals surface area contributed by atoms with Crippen molar-refractivity contribution < 1.29 is 4.79 Å². The lowest BCUT2D eigenvalue weighted by molar-refractivity contribution is 0.0897. The molecule has 0 bridgehead atoms. The summed E-state index contributed by atoms with van der Waals surface area (Å²) in [7, 11) is 0. The SMILES string of the molecule is Cc1cc(C(=O)CN(Cc2ccccc2)C(C)C)c(C)n1C1CC1. The fourth-order valence-corrected chi connectivity index (χ4v) is 3.46. The molecule has 0 unspecified atom stereocenters. The molecule has 0 N–H and O–H groups in total. The monoisotopic (exact) mass is 324 g/mol. The van der Waals surface area contributed by atoms with Gasteiger partial charge in [-0.2, -0.15) is 0 Å². The Balaban J connectivity index is 1.75. The topological polar surface area (TPSA) is 25.2 Å². The second kappa shape index (κ2) is 6.94. The first-order valence-electron chi connectivity index (χ1n) is 8.97. The van der Waals surface area contributed by atoms with Gasteiger partial charge in [-0.3, -0.25) is 9.69 Å². The number of ketones is 1. The molecule has 24 heavy (non-hydrogen) atoms. The summed E-state index contributed by atoms with van der Waals surface area (Å²) in [5.41, 5.74) is 4.52. The number of hydrogen-bond acceptors (Lipinski definition) is 2. The molecule has 1 heterocycles. The summed E-state index contributed by atoms with van der Waals surface area (Å²) in [4.78, 5) is 15.2. The van der Waals surface area contributed by atoms with Crippen molar-refractivity contribution >= 4 is 5.78 Å². The normalized spacial score (nSPS) is 14.6. The Morgan fingerprint density at radius 3 is 2.46 bits per heavy atom. The number of Topliss-reactive ketones (excluding diaryl/α,β-unsaturated/α-hetero) is 1. The Morgan fingerprint density at radius 1 is 1.21 bits per heavy atom. The minimum Gasteiger partial charge on any atom is -0.345 e. The van der Waals surface area contributed by atoms with Gasteiger partial charge in [0.05, 0.1) is 6.54 Å². The van der Waals surface area contributed by atoms with Crippen molar-refractivity contribution in [3.63, 3.8) is 0 Å². The number of carbonyl (C=O) groups excluding carboxylic acids is 1. The van der Waals surface area contributed by atoms with E-state index in [1.807, 2.05) is 6.07 Å². The molecule has 0 spiro atoms. The lowest BCUT2D eigenvalue weighted by Gasteiger charge is -2.25. The van der Waals surface area contributed by atoms with Crippen LogP contribution in [0.2, 0.25) is 0 Å². The van der Waals surface area contributed by atoms with E-state index in [0.717, 1.165) is 17.8 Å². The smallest absolute Gasteiger partial charge is 0.178 e. The van der Waals surface area contributed by atoms with Gasteiger partial charge in [0.1, 0.15) is 0 Å². The maximum absolute atomic E-state index is 12.9. The minimum atomic E-state index is 0.236. The van der Waals surface area contributed by atoms with Crippen molar-refractivity contribution in [2.75, 3.05) is 6.54 Å². The number of benzene rings is 1. The molecule has 1 aromatic heterocycles. The molecule has 1 aliphatic rings. The first kappa shape index (κ1) is 17.0. The van der Waals surface area contributed by atoms with Gasteiger partial charge in [-0.1, -0.05) is 30.3 Å². The van der Waals surface area contributed by atoms with E-state index in [2.05, 4.69) is 67.5 Å². The molecule has 3 heteroatoms. The maximum atomic E-state index is 12.9. The third-order valence-corrected chi connectivity index (χ3v) is 5.00. The maximum Gasteiger partial charge on any atom is 0.178 e. The zero-order valence-electron chi connectivity index (χ0n) is 15.2. The largest absolute Gasteiger partial charge is 0.345 e. The van der Waals surface area contributed by atoms with E-state index in [-0.39, 0.29) is 5.78 Å². The highest BCUT2D eigenvalue weighted by Crippen LogP contribution is 2.38. The predicted octanol–water partition coefficient (Wildman–Crippen LogP) is 4.53. The van der Waals surface area contributed by atoms with Crippen LogP contribution in [0.4, 0.5) is 0 Å². The summed E-state index contributed by atoms with van der Waals surface area (Å²) >= 11 is 0. The standard InChI is InChI=1S/C21H28N2O/c1-15(2)22(13-18-8-6-5-7-9-18)14-21(24)20-12-16(3)23(17(20)4)19-10-11-19/h5-9,12,15,19H,10-11,13-14H2,1-4H3. The lowest BCUT2D eigenvalue weighted by Crippen LogP contribution is -2.35. The van der Waals surface area contributed by atoms with E-state index < -0.39 is 0 Å². The minimum absolute atomic E-state index is 0.236. The predicted molar refractivity (Wildman–Crippen MR) is 98.5 cm³/mol.